The average molecular weight is 442 g/mol. The first-order valence-corrected chi connectivity index (χ1v) is 10.2. The van der Waals surface area contributed by atoms with E-state index >= 15 is 0 Å². The molecular formula is C20H23ClF3N5O. The molecule has 2 aromatic rings. The molecule has 30 heavy (non-hydrogen) atoms. The number of nitrogens with one attached hydrogen (secondary N) is 1. The Morgan fingerprint density at radius 3 is 2.70 bits per heavy atom. The Morgan fingerprint density at radius 2 is 1.97 bits per heavy atom. The number of benzene rings is 1. The summed E-state index contributed by atoms with van der Waals surface area (Å²) in [5.74, 6) is 0.0798. The van der Waals surface area contributed by atoms with Crippen molar-refractivity contribution in [2.45, 2.75) is 18.2 Å². The molecular weight excluding hydrogens is 419 g/mol. The van der Waals surface area contributed by atoms with Crippen LogP contribution in [-0.2, 0) is 10.3 Å². The fraction of sp³-hybridized carbons (Fsp3) is 0.500. The molecule has 1 fully saturated rings. The molecule has 162 valence electrons. The summed E-state index contributed by atoms with van der Waals surface area (Å²) in [6, 6.07) is 4.35. The first kappa shape index (κ1) is 21.3. The van der Waals surface area contributed by atoms with Gasteiger partial charge in [0.2, 0.25) is 5.60 Å². The van der Waals surface area contributed by atoms with Crippen LogP contribution in [0.3, 0.4) is 0 Å². The number of piperazine rings is 1. The lowest BCUT2D eigenvalue weighted by molar-refractivity contribution is -0.267. The predicted octanol–water partition coefficient (Wildman–Crippen LogP) is 3.65. The summed E-state index contributed by atoms with van der Waals surface area (Å²) >= 11 is 6.06. The van der Waals surface area contributed by atoms with Gasteiger partial charge in [0.15, 0.2) is 0 Å². The number of hydrogen-bond donors (Lipinski definition) is 1. The second-order valence-corrected chi connectivity index (χ2v) is 8.06. The molecule has 10 heteroatoms. The fourth-order valence-corrected chi connectivity index (χ4v) is 4.18. The third kappa shape index (κ3) is 3.87. The summed E-state index contributed by atoms with van der Waals surface area (Å²) in [5.41, 5.74) is -2.66. The molecule has 0 radical (unpaired) electrons. The first-order valence-electron chi connectivity index (χ1n) is 9.80. The molecule has 1 aromatic carbocycles. The van der Waals surface area contributed by atoms with Crippen LogP contribution in [0.15, 0.2) is 30.7 Å². The van der Waals surface area contributed by atoms with E-state index in [-0.39, 0.29) is 34.3 Å². The Kier molecular flexibility index (Phi) is 5.89. The summed E-state index contributed by atoms with van der Waals surface area (Å²) in [5, 5.41) is 3.14. The van der Waals surface area contributed by atoms with Crippen LogP contribution in [0.2, 0.25) is 5.02 Å². The number of aromatic nitrogens is 2. The molecule has 3 heterocycles. The van der Waals surface area contributed by atoms with Crippen LogP contribution < -0.4 is 5.32 Å². The van der Waals surface area contributed by atoms with Crippen LogP contribution >= 0.6 is 11.6 Å². The summed E-state index contributed by atoms with van der Waals surface area (Å²) in [6.45, 7) is 4.33. The second-order valence-electron chi connectivity index (χ2n) is 7.63. The van der Waals surface area contributed by atoms with Crippen molar-refractivity contribution >= 4 is 23.1 Å². The van der Waals surface area contributed by atoms with Crippen LogP contribution in [0, 0.1) is 0 Å². The number of rotatable bonds is 5. The lowest BCUT2D eigenvalue weighted by atomic mass is 9.82. The van der Waals surface area contributed by atoms with E-state index in [0.717, 1.165) is 32.4 Å². The average Bonchev–Trinajstić information content (AvgIpc) is 2.71. The van der Waals surface area contributed by atoms with Gasteiger partial charge in [-0.1, -0.05) is 11.6 Å². The van der Waals surface area contributed by atoms with Gasteiger partial charge in [-0.25, -0.2) is 9.97 Å². The van der Waals surface area contributed by atoms with Crippen molar-refractivity contribution in [2.24, 2.45) is 0 Å². The SMILES string of the molecule is CN1CCN(CCCOC2(C(F)(F)F)c3cc(Cl)ccc3Nc3ncncc32)CC1. The number of nitrogens with zero attached hydrogens (tertiary/aromatic N) is 4. The van der Waals surface area contributed by atoms with E-state index in [2.05, 4.69) is 32.1 Å². The van der Waals surface area contributed by atoms with Crippen LogP contribution in [0.25, 0.3) is 0 Å². The van der Waals surface area contributed by atoms with Crippen molar-refractivity contribution in [3.05, 3.63) is 46.9 Å². The summed E-state index contributed by atoms with van der Waals surface area (Å²) in [7, 11) is 2.06. The highest BCUT2D eigenvalue weighted by Gasteiger charge is 2.62. The number of halogens is 4. The normalized spacial score (nSPS) is 22.3. The number of ether oxygens (including phenoxy) is 1. The smallest absolute Gasteiger partial charge is 0.356 e. The number of hydrogen-bond acceptors (Lipinski definition) is 6. The molecule has 0 amide bonds. The zero-order chi connectivity index (χ0) is 21.4. The van der Waals surface area contributed by atoms with E-state index in [1.807, 2.05) is 0 Å². The number of likely N-dealkylation sites (N-methyl/N-ethyl adjacent to an activating group) is 1. The molecule has 0 spiro atoms. The van der Waals surface area contributed by atoms with Gasteiger partial charge in [0.25, 0.3) is 0 Å². The maximum Gasteiger partial charge on any atom is 0.426 e. The topological polar surface area (TPSA) is 53.5 Å². The minimum Gasteiger partial charge on any atom is -0.356 e. The third-order valence-corrected chi connectivity index (χ3v) is 5.87. The van der Waals surface area contributed by atoms with E-state index in [4.69, 9.17) is 16.3 Å². The van der Waals surface area contributed by atoms with E-state index in [9.17, 15) is 13.2 Å². The fourth-order valence-electron chi connectivity index (χ4n) is 4.00. The van der Waals surface area contributed by atoms with Crippen molar-refractivity contribution in [2.75, 3.05) is 51.7 Å². The van der Waals surface area contributed by atoms with Crippen molar-refractivity contribution < 1.29 is 17.9 Å². The van der Waals surface area contributed by atoms with Gasteiger partial charge in [-0.05, 0) is 31.7 Å². The Balaban J connectivity index is 1.62. The van der Waals surface area contributed by atoms with Gasteiger partial charge in [0.1, 0.15) is 12.1 Å². The Labute approximate surface area is 178 Å². The van der Waals surface area contributed by atoms with Gasteiger partial charge >= 0.3 is 6.18 Å². The molecule has 0 bridgehead atoms. The number of alkyl halides is 3. The molecule has 2 aliphatic heterocycles. The zero-order valence-electron chi connectivity index (χ0n) is 16.5. The van der Waals surface area contributed by atoms with Crippen LogP contribution in [0.4, 0.5) is 24.7 Å². The minimum atomic E-state index is -4.73. The number of anilines is 2. The molecule has 1 saturated heterocycles. The number of fused-ring (bicyclic) bond motifs is 2. The molecule has 4 rings (SSSR count). The van der Waals surface area contributed by atoms with Crippen molar-refractivity contribution in [3.8, 4) is 0 Å². The van der Waals surface area contributed by atoms with Crippen molar-refractivity contribution in [1.82, 2.24) is 19.8 Å². The van der Waals surface area contributed by atoms with Gasteiger partial charge in [0.05, 0.1) is 5.56 Å². The van der Waals surface area contributed by atoms with Gasteiger partial charge in [-0.3, -0.25) is 0 Å². The van der Waals surface area contributed by atoms with E-state index in [1.54, 1.807) is 0 Å². The summed E-state index contributed by atoms with van der Waals surface area (Å²) in [6.07, 6.45) is -1.88. The highest BCUT2D eigenvalue weighted by Crippen LogP contribution is 2.54. The largest absolute Gasteiger partial charge is 0.426 e. The molecule has 0 saturated carbocycles. The van der Waals surface area contributed by atoms with Crippen LogP contribution in [0.5, 0.6) is 0 Å². The summed E-state index contributed by atoms with van der Waals surface area (Å²) in [4.78, 5) is 12.3. The minimum absolute atomic E-state index is 0.0634. The summed E-state index contributed by atoms with van der Waals surface area (Å²) < 4.78 is 49.6. The monoisotopic (exact) mass is 441 g/mol. The quantitative estimate of drug-likeness (QED) is 0.715. The van der Waals surface area contributed by atoms with Crippen LogP contribution in [0.1, 0.15) is 17.5 Å². The molecule has 1 unspecified atom stereocenters. The molecule has 6 nitrogen and oxygen atoms in total. The lowest BCUT2D eigenvalue weighted by Crippen LogP contribution is -2.49. The molecule has 1 atom stereocenters. The van der Waals surface area contributed by atoms with Gasteiger partial charge in [0, 0.05) is 61.8 Å². The highest BCUT2D eigenvalue weighted by molar-refractivity contribution is 6.30. The standard InChI is InChI=1S/C20H23ClF3N5O/c1-28-6-8-29(9-7-28)5-2-10-30-19(20(22,23)24)15-11-14(21)3-4-17(15)27-18-16(19)12-25-13-26-18/h3-4,11-13H,2,5-10H2,1H3,(H,25,26,27). The Hall–Kier alpha value is -1.94. The third-order valence-electron chi connectivity index (χ3n) is 5.64. The highest BCUT2D eigenvalue weighted by atomic mass is 35.5. The van der Waals surface area contributed by atoms with E-state index in [0.29, 0.717) is 13.0 Å². The van der Waals surface area contributed by atoms with Gasteiger partial charge in [-0.15, -0.1) is 0 Å². The van der Waals surface area contributed by atoms with Crippen molar-refractivity contribution in [3.63, 3.8) is 0 Å². The zero-order valence-corrected chi connectivity index (χ0v) is 17.3. The van der Waals surface area contributed by atoms with Crippen LogP contribution in [-0.4, -0.2) is 72.3 Å². The van der Waals surface area contributed by atoms with E-state index in [1.165, 1.54) is 24.5 Å². The lowest BCUT2D eigenvalue weighted by Gasteiger charge is -2.41. The maximum absolute atomic E-state index is 14.6. The second kappa shape index (κ2) is 8.30. The first-order chi connectivity index (χ1) is 14.3. The molecule has 2 aliphatic rings. The molecule has 1 aromatic heterocycles. The van der Waals surface area contributed by atoms with Gasteiger partial charge < -0.3 is 19.9 Å². The Bertz CT molecular complexity index is 904. The predicted molar refractivity (Wildman–Crippen MR) is 108 cm³/mol. The molecule has 0 aliphatic carbocycles. The van der Waals surface area contributed by atoms with Gasteiger partial charge in [-0.2, -0.15) is 13.2 Å². The van der Waals surface area contributed by atoms with E-state index < -0.39 is 11.8 Å². The Morgan fingerprint density at radius 1 is 1.20 bits per heavy atom. The van der Waals surface area contributed by atoms with Crippen molar-refractivity contribution in [1.29, 1.82) is 0 Å². The molecule has 1 N–H and O–H groups in total. The maximum atomic E-state index is 14.6.